The van der Waals surface area contributed by atoms with Crippen molar-refractivity contribution in [3.8, 4) is 0 Å². The number of hydrogen-bond acceptors (Lipinski definition) is 3. The average molecular weight is 359 g/mol. The lowest BCUT2D eigenvalue weighted by Gasteiger charge is -2.29. The Morgan fingerprint density at radius 3 is 2.75 bits per heavy atom. The fourth-order valence-electron chi connectivity index (χ4n) is 2.36. The molecule has 4 nitrogen and oxygen atoms in total. The van der Waals surface area contributed by atoms with Gasteiger partial charge >= 0.3 is 0 Å². The zero-order chi connectivity index (χ0) is 14.9. The minimum absolute atomic E-state index is 0.0165. The Labute approximate surface area is 131 Å². The van der Waals surface area contributed by atoms with Crippen molar-refractivity contribution >= 4 is 39.1 Å². The van der Waals surface area contributed by atoms with E-state index in [1.165, 1.54) is 0 Å². The first-order chi connectivity index (χ1) is 9.38. The van der Waals surface area contributed by atoms with Gasteiger partial charge in [0.1, 0.15) is 6.04 Å². The summed E-state index contributed by atoms with van der Waals surface area (Å²) in [7, 11) is 0. The van der Waals surface area contributed by atoms with E-state index in [-0.39, 0.29) is 23.8 Å². The van der Waals surface area contributed by atoms with Crippen LogP contribution in [0.25, 0.3) is 0 Å². The minimum Gasteiger partial charge on any atom is -0.344 e. The van der Waals surface area contributed by atoms with Crippen LogP contribution < -0.4 is 5.32 Å². The highest BCUT2D eigenvalue weighted by Gasteiger charge is 2.35. The van der Waals surface area contributed by atoms with Crippen LogP contribution in [-0.4, -0.2) is 28.8 Å². The first-order valence-corrected chi connectivity index (χ1v) is 8.38. The predicted octanol–water partition coefficient (Wildman–Crippen LogP) is 2.77. The summed E-state index contributed by atoms with van der Waals surface area (Å²) in [4.78, 5) is 27.5. The van der Waals surface area contributed by atoms with E-state index >= 15 is 0 Å². The molecule has 20 heavy (non-hydrogen) atoms. The van der Waals surface area contributed by atoms with E-state index < -0.39 is 6.04 Å². The van der Waals surface area contributed by atoms with E-state index in [4.69, 9.17) is 0 Å². The Morgan fingerprint density at radius 2 is 2.20 bits per heavy atom. The van der Waals surface area contributed by atoms with Gasteiger partial charge in [-0.05, 0) is 34.8 Å². The second-order valence-electron chi connectivity index (χ2n) is 5.54. The molecule has 1 saturated heterocycles. The van der Waals surface area contributed by atoms with Crippen LogP contribution in [0.3, 0.4) is 0 Å². The summed E-state index contributed by atoms with van der Waals surface area (Å²) in [5.74, 6) is 0.0663. The minimum atomic E-state index is -0.421. The maximum Gasteiger partial charge on any atom is 0.245 e. The monoisotopic (exact) mass is 358 g/mol. The molecule has 2 heterocycles. The van der Waals surface area contributed by atoms with Crippen LogP contribution in [0.5, 0.6) is 0 Å². The first-order valence-electron chi connectivity index (χ1n) is 6.71. The Balaban J connectivity index is 2.23. The summed E-state index contributed by atoms with van der Waals surface area (Å²) in [6.07, 6.45) is 0.363. The zero-order valence-corrected chi connectivity index (χ0v) is 14.3. The van der Waals surface area contributed by atoms with Crippen molar-refractivity contribution in [3.05, 3.63) is 20.8 Å². The number of nitrogens with zero attached hydrogens (tertiary/aromatic N) is 1. The van der Waals surface area contributed by atoms with Crippen molar-refractivity contribution in [1.29, 1.82) is 0 Å². The summed E-state index contributed by atoms with van der Waals surface area (Å²) in [5, 5.41) is 4.85. The van der Waals surface area contributed by atoms with Crippen molar-refractivity contribution in [2.24, 2.45) is 5.92 Å². The van der Waals surface area contributed by atoms with Crippen LogP contribution in [0.4, 0.5) is 0 Å². The highest BCUT2D eigenvalue weighted by Crippen LogP contribution is 2.24. The first kappa shape index (κ1) is 15.5. The van der Waals surface area contributed by atoms with Gasteiger partial charge in [-0.25, -0.2) is 0 Å². The fourth-order valence-corrected chi connectivity index (χ4v) is 3.81. The molecule has 1 aliphatic rings. The number of thiophene rings is 1. The predicted molar refractivity (Wildman–Crippen MR) is 83.4 cm³/mol. The molecule has 6 heteroatoms. The average Bonchev–Trinajstić information content (AvgIpc) is 2.73. The third-order valence-corrected chi connectivity index (χ3v) is 5.18. The van der Waals surface area contributed by atoms with Gasteiger partial charge in [0.25, 0.3) is 0 Å². The molecule has 0 saturated carbocycles. The molecule has 0 spiro atoms. The second-order valence-corrected chi connectivity index (χ2v) is 7.45. The molecular weight excluding hydrogens is 340 g/mol. The summed E-state index contributed by atoms with van der Waals surface area (Å²) in [6.45, 7) is 6.41. The molecule has 1 aromatic heterocycles. The largest absolute Gasteiger partial charge is 0.344 e. The van der Waals surface area contributed by atoms with Crippen LogP contribution >= 0.6 is 27.3 Å². The normalized spacial score (nSPS) is 23.9. The highest BCUT2D eigenvalue weighted by atomic mass is 79.9. The molecule has 1 N–H and O–H groups in total. The summed E-state index contributed by atoms with van der Waals surface area (Å²) >= 11 is 5.05. The molecule has 2 rings (SSSR count). The fraction of sp³-hybridized carbons (Fsp3) is 0.571. The molecule has 1 fully saturated rings. The van der Waals surface area contributed by atoms with Gasteiger partial charge in [-0.15, -0.1) is 11.3 Å². The number of amides is 2. The number of hydrogen-bond donors (Lipinski definition) is 1. The molecule has 2 atom stereocenters. The van der Waals surface area contributed by atoms with Crippen LogP contribution in [0.15, 0.2) is 15.9 Å². The Hall–Kier alpha value is -0.880. The second kappa shape index (κ2) is 6.26. The van der Waals surface area contributed by atoms with Gasteiger partial charge in [0.2, 0.25) is 11.8 Å². The van der Waals surface area contributed by atoms with Crippen LogP contribution in [0.2, 0.25) is 0 Å². The number of carbonyl (C=O) groups excluding carboxylic acids is 2. The van der Waals surface area contributed by atoms with E-state index in [1.807, 2.05) is 37.1 Å². The van der Waals surface area contributed by atoms with E-state index in [9.17, 15) is 9.59 Å². The van der Waals surface area contributed by atoms with Gasteiger partial charge in [0, 0.05) is 27.2 Å². The molecule has 1 aliphatic heterocycles. The maximum atomic E-state index is 12.7. The zero-order valence-electron chi connectivity index (χ0n) is 11.9. The van der Waals surface area contributed by atoms with Crippen molar-refractivity contribution in [3.63, 3.8) is 0 Å². The number of carbonyl (C=O) groups is 2. The highest BCUT2D eigenvalue weighted by molar-refractivity contribution is 9.10. The van der Waals surface area contributed by atoms with E-state index in [1.54, 1.807) is 11.3 Å². The van der Waals surface area contributed by atoms with Gasteiger partial charge in [-0.2, -0.15) is 0 Å². The van der Waals surface area contributed by atoms with Crippen LogP contribution in [0, 0.1) is 5.92 Å². The molecule has 0 aliphatic carbocycles. The number of nitrogens with one attached hydrogen (secondary N) is 1. The molecule has 2 unspecified atom stereocenters. The van der Waals surface area contributed by atoms with Gasteiger partial charge in [-0.3, -0.25) is 9.59 Å². The van der Waals surface area contributed by atoms with Crippen molar-refractivity contribution in [2.45, 2.75) is 45.8 Å². The summed E-state index contributed by atoms with van der Waals surface area (Å²) in [5.41, 5.74) is 0. The standard InChI is InChI=1S/C14H19BrN2O2S/c1-8(2)13-14(19)17(9(3)4-12(18)16-13)6-11-5-10(15)7-20-11/h5,7-9,13H,4,6H2,1-3H3,(H,16,18). The van der Waals surface area contributed by atoms with Crippen LogP contribution in [0.1, 0.15) is 32.1 Å². The smallest absolute Gasteiger partial charge is 0.245 e. The van der Waals surface area contributed by atoms with E-state index in [0.717, 1.165) is 9.35 Å². The Kier molecular flexibility index (Phi) is 4.86. The molecule has 2 amide bonds. The summed E-state index contributed by atoms with van der Waals surface area (Å²) < 4.78 is 1.03. The van der Waals surface area contributed by atoms with Crippen molar-refractivity contribution in [1.82, 2.24) is 10.2 Å². The van der Waals surface area contributed by atoms with Gasteiger partial charge in [0.15, 0.2) is 0 Å². The summed E-state index contributed by atoms with van der Waals surface area (Å²) in [6, 6.07) is 1.53. The van der Waals surface area contributed by atoms with Gasteiger partial charge in [0.05, 0.1) is 6.54 Å². The number of halogens is 1. The van der Waals surface area contributed by atoms with Gasteiger partial charge < -0.3 is 10.2 Å². The van der Waals surface area contributed by atoms with E-state index in [0.29, 0.717) is 13.0 Å². The van der Waals surface area contributed by atoms with E-state index in [2.05, 4.69) is 21.2 Å². The molecule has 0 bridgehead atoms. The maximum absolute atomic E-state index is 12.7. The SMILES string of the molecule is CC(C)C1NC(=O)CC(C)N(Cc2cc(Br)cs2)C1=O. The lowest BCUT2D eigenvalue weighted by molar-refractivity contribution is -0.136. The lowest BCUT2D eigenvalue weighted by Crippen LogP contribution is -2.48. The molecule has 110 valence electrons. The van der Waals surface area contributed by atoms with Gasteiger partial charge in [-0.1, -0.05) is 13.8 Å². The van der Waals surface area contributed by atoms with Crippen molar-refractivity contribution in [2.75, 3.05) is 0 Å². The number of rotatable bonds is 3. The topological polar surface area (TPSA) is 49.4 Å². The van der Waals surface area contributed by atoms with Crippen molar-refractivity contribution < 1.29 is 9.59 Å². The van der Waals surface area contributed by atoms with Crippen LogP contribution in [-0.2, 0) is 16.1 Å². The molecule has 0 aromatic carbocycles. The molecular formula is C14H19BrN2O2S. The Bertz CT molecular complexity index is 515. The third-order valence-electron chi connectivity index (χ3n) is 3.49. The molecule has 0 radical (unpaired) electrons. The Morgan fingerprint density at radius 1 is 1.50 bits per heavy atom. The lowest BCUT2D eigenvalue weighted by atomic mass is 10.0. The third kappa shape index (κ3) is 3.41. The molecule has 1 aromatic rings. The quantitative estimate of drug-likeness (QED) is 0.902.